The first kappa shape index (κ1) is 11.0. The van der Waals surface area contributed by atoms with Crippen LogP contribution in [-0.2, 0) is 0 Å². The number of benzene rings is 1. The molecule has 0 amide bonds. The van der Waals surface area contributed by atoms with Gasteiger partial charge in [-0.1, -0.05) is 18.2 Å². The fraction of sp³-hybridized carbons (Fsp3) is 0.200. The van der Waals surface area contributed by atoms with Crippen molar-refractivity contribution in [2.45, 2.75) is 0 Å². The lowest BCUT2D eigenvalue weighted by Gasteiger charge is -2.04. The molecule has 0 atom stereocenters. The molecule has 76 valence electrons. The van der Waals surface area contributed by atoms with Crippen molar-refractivity contribution in [3.63, 3.8) is 0 Å². The van der Waals surface area contributed by atoms with Crippen LogP contribution in [0.1, 0.15) is 0 Å². The molecule has 0 aliphatic rings. The van der Waals surface area contributed by atoms with Gasteiger partial charge in [-0.25, -0.2) is 8.78 Å². The lowest BCUT2D eigenvalue weighted by Crippen LogP contribution is -1.98. The monoisotopic (exact) mass is 218 g/mol. The van der Waals surface area contributed by atoms with E-state index in [9.17, 15) is 8.78 Å². The molecule has 0 aliphatic carbocycles. The first-order valence-electron chi connectivity index (χ1n) is 4.03. The predicted molar refractivity (Wildman–Crippen MR) is 51.7 cm³/mol. The summed E-state index contributed by atoms with van der Waals surface area (Å²) in [6.07, 6.45) is 3.24. The summed E-state index contributed by atoms with van der Waals surface area (Å²) in [5.74, 6) is -1.41. The minimum atomic E-state index is -0.704. The molecule has 0 saturated heterocycles. The van der Waals surface area contributed by atoms with E-state index in [0.717, 1.165) is 12.1 Å². The first-order valence-corrected chi connectivity index (χ1v) is 4.57. The van der Waals surface area contributed by atoms with Gasteiger partial charge in [-0.05, 0) is 12.1 Å². The molecule has 1 nitrogen and oxygen atoms in total. The highest BCUT2D eigenvalue weighted by Gasteiger charge is 2.07. The van der Waals surface area contributed by atoms with E-state index in [1.165, 1.54) is 6.07 Å². The zero-order valence-corrected chi connectivity index (χ0v) is 8.10. The fourth-order valence-corrected chi connectivity index (χ4v) is 1.01. The maximum absolute atomic E-state index is 12.9. The summed E-state index contributed by atoms with van der Waals surface area (Å²) in [6, 6.07) is 3.57. The summed E-state index contributed by atoms with van der Waals surface area (Å²) in [4.78, 5) is 0. The molecule has 0 heterocycles. The van der Waals surface area contributed by atoms with Crippen LogP contribution in [0.5, 0.6) is 5.75 Å². The standard InChI is InChI=1S/C10H9ClF2O/c11-6-1-2-7-14-10-8(12)4-3-5-9(10)13/h1-5H,6-7H2/b2-1+. The highest BCUT2D eigenvalue weighted by Crippen LogP contribution is 2.20. The van der Waals surface area contributed by atoms with Gasteiger partial charge in [-0.15, -0.1) is 11.6 Å². The summed E-state index contributed by atoms with van der Waals surface area (Å²) < 4.78 is 30.8. The number of para-hydroxylation sites is 1. The van der Waals surface area contributed by atoms with Crippen LogP contribution in [0, 0.1) is 11.6 Å². The van der Waals surface area contributed by atoms with E-state index in [-0.39, 0.29) is 12.4 Å². The van der Waals surface area contributed by atoms with Crippen molar-refractivity contribution in [1.82, 2.24) is 0 Å². The number of hydrogen-bond acceptors (Lipinski definition) is 1. The summed E-state index contributed by atoms with van der Waals surface area (Å²) in [5.41, 5.74) is 0. The van der Waals surface area contributed by atoms with Crippen LogP contribution < -0.4 is 4.74 Å². The number of allylic oxidation sites excluding steroid dienone is 1. The lowest BCUT2D eigenvalue weighted by atomic mass is 10.3. The molecule has 1 rings (SSSR count). The minimum absolute atomic E-state index is 0.102. The van der Waals surface area contributed by atoms with E-state index in [4.69, 9.17) is 16.3 Å². The third kappa shape index (κ3) is 3.00. The number of rotatable bonds is 4. The summed E-state index contributed by atoms with van der Waals surface area (Å²) in [6.45, 7) is 0.102. The van der Waals surface area contributed by atoms with Gasteiger partial charge in [-0.2, -0.15) is 0 Å². The first-order chi connectivity index (χ1) is 6.75. The number of hydrogen-bond donors (Lipinski definition) is 0. The summed E-state index contributed by atoms with van der Waals surface area (Å²) in [7, 11) is 0. The SMILES string of the molecule is Fc1cccc(F)c1OC/C=C/CCl. The second-order valence-corrected chi connectivity index (χ2v) is 2.80. The molecule has 0 fully saturated rings. The summed E-state index contributed by atoms with van der Waals surface area (Å²) in [5, 5.41) is 0. The van der Waals surface area contributed by atoms with Crippen LogP contribution in [0.2, 0.25) is 0 Å². The normalized spacial score (nSPS) is 10.8. The van der Waals surface area contributed by atoms with E-state index in [0.29, 0.717) is 5.88 Å². The topological polar surface area (TPSA) is 9.23 Å². The number of alkyl halides is 1. The Bertz CT molecular complexity index is 306. The van der Waals surface area contributed by atoms with Crippen LogP contribution in [-0.4, -0.2) is 12.5 Å². The predicted octanol–water partition coefficient (Wildman–Crippen LogP) is 3.14. The second kappa shape index (κ2) is 5.60. The smallest absolute Gasteiger partial charge is 0.191 e. The maximum atomic E-state index is 12.9. The van der Waals surface area contributed by atoms with Gasteiger partial charge in [0.15, 0.2) is 17.4 Å². The van der Waals surface area contributed by atoms with Crippen LogP contribution in [0.25, 0.3) is 0 Å². The van der Waals surface area contributed by atoms with Gasteiger partial charge >= 0.3 is 0 Å². The molecule has 0 saturated carbocycles. The summed E-state index contributed by atoms with van der Waals surface area (Å²) >= 11 is 5.36. The molecule has 0 radical (unpaired) electrons. The Hall–Kier alpha value is -1.09. The van der Waals surface area contributed by atoms with Crippen molar-refractivity contribution in [2.75, 3.05) is 12.5 Å². The van der Waals surface area contributed by atoms with Crippen LogP contribution in [0.15, 0.2) is 30.4 Å². The Morgan fingerprint density at radius 1 is 1.21 bits per heavy atom. The number of halogens is 3. The minimum Gasteiger partial charge on any atom is -0.483 e. The Morgan fingerprint density at radius 2 is 1.86 bits per heavy atom. The molecule has 4 heteroatoms. The van der Waals surface area contributed by atoms with Crippen LogP contribution >= 0.6 is 11.6 Å². The Labute approximate surface area is 85.9 Å². The van der Waals surface area contributed by atoms with E-state index in [1.54, 1.807) is 12.2 Å². The fourth-order valence-electron chi connectivity index (χ4n) is 0.883. The molecule has 0 N–H and O–H groups in total. The van der Waals surface area contributed by atoms with Gasteiger partial charge in [0, 0.05) is 5.88 Å². The molecule has 0 aliphatic heterocycles. The third-order valence-electron chi connectivity index (χ3n) is 1.50. The van der Waals surface area contributed by atoms with Crippen molar-refractivity contribution in [3.05, 3.63) is 42.0 Å². The quantitative estimate of drug-likeness (QED) is 0.557. The molecular weight excluding hydrogens is 210 g/mol. The highest BCUT2D eigenvalue weighted by molar-refractivity contribution is 6.18. The molecule has 0 spiro atoms. The number of ether oxygens (including phenoxy) is 1. The Balaban J connectivity index is 2.62. The maximum Gasteiger partial charge on any atom is 0.191 e. The van der Waals surface area contributed by atoms with Crippen molar-refractivity contribution in [2.24, 2.45) is 0 Å². The van der Waals surface area contributed by atoms with Gasteiger partial charge in [0.1, 0.15) is 6.61 Å². The molecule has 1 aromatic carbocycles. The molecule has 0 aromatic heterocycles. The second-order valence-electron chi connectivity index (χ2n) is 2.49. The van der Waals surface area contributed by atoms with Gasteiger partial charge in [-0.3, -0.25) is 0 Å². The molecule has 14 heavy (non-hydrogen) atoms. The average molecular weight is 219 g/mol. The van der Waals surface area contributed by atoms with Gasteiger partial charge < -0.3 is 4.74 Å². The van der Waals surface area contributed by atoms with Gasteiger partial charge in [0.05, 0.1) is 0 Å². The highest BCUT2D eigenvalue weighted by atomic mass is 35.5. The van der Waals surface area contributed by atoms with Crippen LogP contribution in [0.3, 0.4) is 0 Å². The lowest BCUT2D eigenvalue weighted by molar-refractivity contribution is 0.320. The molecule has 0 bridgehead atoms. The Kier molecular flexibility index (Phi) is 4.40. The zero-order chi connectivity index (χ0) is 10.4. The van der Waals surface area contributed by atoms with Crippen LogP contribution in [0.4, 0.5) is 8.78 Å². The van der Waals surface area contributed by atoms with Gasteiger partial charge in [0.2, 0.25) is 0 Å². The Morgan fingerprint density at radius 3 is 2.43 bits per heavy atom. The largest absolute Gasteiger partial charge is 0.483 e. The zero-order valence-electron chi connectivity index (χ0n) is 7.34. The molecule has 1 aromatic rings. The molecular formula is C10H9ClF2O. The van der Waals surface area contributed by atoms with Crippen molar-refractivity contribution < 1.29 is 13.5 Å². The average Bonchev–Trinajstić information content (AvgIpc) is 2.16. The van der Waals surface area contributed by atoms with Crippen molar-refractivity contribution in [1.29, 1.82) is 0 Å². The van der Waals surface area contributed by atoms with E-state index < -0.39 is 11.6 Å². The van der Waals surface area contributed by atoms with E-state index in [2.05, 4.69) is 0 Å². The van der Waals surface area contributed by atoms with Crippen molar-refractivity contribution >= 4 is 11.6 Å². The van der Waals surface area contributed by atoms with E-state index in [1.807, 2.05) is 0 Å². The van der Waals surface area contributed by atoms with Crippen molar-refractivity contribution in [3.8, 4) is 5.75 Å². The molecule has 0 unspecified atom stereocenters. The van der Waals surface area contributed by atoms with Gasteiger partial charge in [0.25, 0.3) is 0 Å². The van der Waals surface area contributed by atoms with E-state index >= 15 is 0 Å². The third-order valence-corrected chi connectivity index (χ3v) is 1.68.